The van der Waals surface area contributed by atoms with Crippen molar-refractivity contribution in [3.05, 3.63) is 78.3 Å². The average molecular weight is 460 g/mol. The van der Waals surface area contributed by atoms with Crippen molar-refractivity contribution in [2.45, 2.75) is 26.4 Å². The van der Waals surface area contributed by atoms with Gasteiger partial charge in [0.05, 0.1) is 19.8 Å². The molecule has 1 N–H and O–H groups in total. The summed E-state index contributed by atoms with van der Waals surface area (Å²) >= 11 is 0. The summed E-state index contributed by atoms with van der Waals surface area (Å²) in [4.78, 5) is 19.3. The molecule has 7 heteroatoms. The highest BCUT2D eigenvalue weighted by Crippen LogP contribution is 2.23. The molecule has 1 aliphatic rings. The Balaban J connectivity index is 1.46. The van der Waals surface area contributed by atoms with Crippen molar-refractivity contribution in [1.29, 1.82) is 0 Å². The van der Waals surface area contributed by atoms with Crippen LogP contribution in [0.1, 0.15) is 25.0 Å². The molecule has 1 atom stereocenters. The van der Waals surface area contributed by atoms with Gasteiger partial charge >= 0.3 is 0 Å². The molecule has 1 fully saturated rings. The molecular weight excluding hydrogens is 426 g/mol. The van der Waals surface area contributed by atoms with Crippen molar-refractivity contribution in [3.8, 4) is 11.3 Å². The molecule has 1 unspecified atom stereocenters. The van der Waals surface area contributed by atoms with Crippen LogP contribution in [0.4, 0.5) is 0 Å². The van der Waals surface area contributed by atoms with Crippen LogP contribution in [0.25, 0.3) is 17.3 Å². The van der Waals surface area contributed by atoms with Crippen LogP contribution in [-0.4, -0.2) is 64.5 Å². The number of nitrogens with one attached hydrogen (secondary N) is 1. The van der Waals surface area contributed by atoms with Crippen LogP contribution >= 0.6 is 0 Å². The molecule has 3 aromatic rings. The van der Waals surface area contributed by atoms with Crippen LogP contribution in [0.5, 0.6) is 0 Å². The van der Waals surface area contributed by atoms with Gasteiger partial charge < -0.3 is 10.1 Å². The summed E-state index contributed by atoms with van der Waals surface area (Å²) in [7, 11) is 0. The number of amides is 1. The molecule has 34 heavy (non-hydrogen) atoms. The van der Waals surface area contributed by atoms with Gasteiger partial charge in [0.15, 0.2) is 0 Å². The van der Waals surface area contributed by atoms with Crippen LogP contribution in [0.2, 0.25) is 0 Å². The van der Waals surface area contributed by atoms with Gasteiger partial charge in [0.2, 0.25) is 5.91 Å². The fraction of sp³-hybridized carbons (Fsp3) is 0.370. The van der Waals surface area contributed by atoms with Crippen LogP contribution < -0.4 is 5.32 Å². The van der Waals surface area contributed by atoms with E-state index in [0.717, 1.165) is 43.1 Å². The summed E-state index contributed by atoms with van der Waals surface area (Å²) in [5, 5.41) is 7.88. The normalized spacial score (nSPS) is 15.6. The fourth-order valence-electron chi connectivity index (χ4n) is 4.26. The highest BCUT2D eigenvalue weighted by molar-refractivity contribution is 5.92. The van der Waals surface area contributed by atoms with Gasteiger partial charge in [0.1, 0.15) is 5.69 Å². The number of nitrogens with zero attached hydrogens (tertiary/aromatic N) is 4. The Morgan fingerprint density at radius 2 is 1.94 bits per heavy atom. The Kier molecular flexibility index (Phi) is 8.22. The van der Waals surface area contributed by atoms with Gasteiger partial charge in [-0.05, 0) is 29.7 Å². The predicted octanol–water partition coefficient (Wildman–Crippen LogP) is 3.48. The molecule has 1 aliphatic heterocycles. The van der Waals surface area contributed by atoms with E-state index in [1.807, 2.05) is 47.3 Å². The van der Waals surface area contributed by atoms with Crippen molar-refractivity contribution < 1.29 is 9.53 Å². The lowest BCUT2D eigenvalue weighted by molar-refractivity contribution is -0.116. The van der Waals surface area contributed by atoms with Gasteiger partial charge in [0, 0.05) is 61.5 Å². The molecule has 2 aromatic heterocycles. The largest absolute Gasteiger partial charge is 0.379 e. The average Bonchev–Trinajstić information content (AvgIpc) is 3.27. The first-order valence-corrected chi connectivity index (χ1v) is 11.9. The van der Waals surface area contributed by atoms with E-state index in [4.69, 9.17) is 9.84 Å². The van der Waals surface area contributed by atoms with Crippen LogP contribution in [0.15, 0.2) is 67.1 Å². The van der Waals surface area contributed by atoms with Crippen molar-refractivity contribution in [1.82, 2.24) is 25.0 Å². The number of aromatic nitrogens is 3. The summed E-state index contributed by atoms with van der Waals surface area (Å²) in [5.74, 6) is 0.336. The SMILES string of the molecule is CC(C)C(CNC(=O)/C=C/c1cn(Cc2ccccc2)nc1-c1cccnc1)N1CCOCC1. The van der Waals surface area contributed by atoms with E-state index >= 15 is 0 Å². The van der Waals surface area contributed by atoms with Crippen molar-refractivity contribution in [2.24, 2.45) is 5.92 Å². The van der Waals surface area contributed by atoms with E-state index in [-0.39, 0.29) is 5.91 Å². The molecule has 3 heterocycles. The summed E-state index contributed by atoms with van der Waals surface area (Å²) in [6.45, 7) is 8.98. The third kappa shape index (κ3) is 6.40. The molecule has 0 spiro atoms. The highest BCUT2D eigenvalue weighted by Gasteiger charge is 2.24. The summed E-state index contributed by atoms with van der Waals surface area (Å²) in [6, 6.07) is 14.4. The van der Waals surface area contributed by atoms with Crippen LogP contribution in [0.3, 0.4) is 0 Å². The first kappa shape index (κ1) is 23.9. The van der Waals surface area contributed by atoms with Crippen molar-refractivity contribution >= 4 is 12.0 Å². The molecule has 1 saturated heterocycles. The maximum absolute atomic E-state index is 12.7. The summed E-state index contributed by atoms with van der Waals surface area (Å²) < 4.78 is 7.38. The van der Waals surface area contributed by atoms with E-state index in [1.165, 1.54) is 5.56 Å². The smallest absolute Gasteiger partial charge is 0.244 e. The second kappa shape index (κ2) is 11.7. The van der Waals surface area contributed by atoms with Crippen LogP contribution in [0, 0.1) is 5.92 Å². The lowest BCUT2D eigenvalue weighted by Crippen LogP contribution is -2.51. The molecule has 0 saturated carbocycles. The van der Waals surface area contributed by atoms with Gasteiger partial charge in [-0.2, -0.15) is 5.10 Å². The first-order chi connectivity index (χ1) is 16.6. The third-order valence-corrected chi connectivity index (χ3v) is 6.10. The standard InChI is InChI=1S/C27H33N5O2/c1-21(2)25(31-13-15-34-16-14-31)18-29-26(33)11-10-24-20-32(19-22-7-4-3-5-8-22)30-27(24)23-9-6-12-28-17-23/h3-12,17,20-21,25H,13-16,18-19H2,1-2H3,(H,29,33)/b11-10+. The topological polar surface area (TPSA) is 72.3 Å². The van der Waals surface area contributed by atoms with E-state index in [9.17, 15) is 4.79 Å². The Hall–Kier alpha value is -3.29. The molecule has 0 bridgehead atoms. The number of rotatable bonds is 9. The Morgan fingerprint density at radius 3 is 2.65 bits per heavy atom. The monoisotopic (exact) mass is 459 g/mol. The molecule has 0 aliphatic carbocycles. The van der Waals surface area contributed by atoms with E-state index < -0.39 is 0 Å². The number of hydrogen-bond donors (Lipinski definition) is 1. The number of ether oxygens (including phenoxy) is 1. The maximum atomic E-state index is 12.7. The van der Waals surface area contributed by atoms with Gasteiger partial charge in [0.25, 0.3) is 0 Å². The van der Waals surface area contributed by atoms with Crippen molar-refractivity contribution in [2.75, 3.05) is 32.8 Å². The molecule has 0 radical (unpaired) electrons. The van der Waals surface area contributed by atoms with Gasteiger partial charge in [-0.25, -0.2) is 0 Å². The zero-order valence-electron chi connectivity index (χ0n) is 19.9. The Bertz CT molecular complexity index is 1070. The Labute approximate surface area is 201 Å². The second-order valence-corrected chi connectivity index (χ2v) is 8.90. The number of benzene rings is 1. The van der Waals surface area contributed by atoms with Crippen molar-refractivity contribution in [3.63, 3.8) is 0 Å². The highest BCUT2D eigenvalue weighted by atomic mass is 16.5. The van der Waals surface area contributed by atoms with E-state index in [2.05, 4.69) is 41.2 Å². The van der Waals surface area contributed by atoms with Gasteiger partial charge in [-0.15, -0.1) is 0 Å². The molecule has 1 aromatic carbocycles. The lowest BCUT2D eigenvalue weighted by Gasteiger charge is -2.36. The summed E-state index contributed by atoms with van der Waals surface area (Å²) in [6.07, 6.45) is 8.95. The molecule has 1 amide bonds. The molecular formula is C27H33N5O2. The number of pyridine rings is 1. The third-order valence-electron chi connectivity index (χ3n) is 6.10. The Morgan fingerprint density at radius 1 is 1.15 bits per heavy atom. The van der Waals surface area contributed by atoms with Gasteiger partial charge in [-0.1, -0.05) is 44.2 Å². The van der Waals surface area contributed by atoms with Gasteiger partial charge in [-0.3, -0.25) is 19.4 Å². The van der Waals surface area contributed by atoms with E-state index in [1.54, 1.807) is 18.5 Å². The summed E-state index contributed by atoms with van der Waals surface area (Å²) in [5.41, 5.74) is 3.77. The quantitative estimate of drug-likeness (QED) is 0.496. The fourth-order valence-corrected chi connectivity index (χ4v) is 4.26. The minimum atomic E-state index is -0.105. The maximum Gasteiger partial charge on any atom is 0.244 e. The second-order valence-electron chi connectivity index (χ2n) is 8.90. The predicted molar refractivity (Wildman–Crippen MR) is 134 cm³/mol. The number of hydrogen-bond acceptors (Lipinski definition) is 5. The van der Waals surface area contributed by atoms with Crippen LogP contribution in [-0.2, 0) is 16.1 Å². The molecule has 178 valence electrons. The first-order valence-electron chi connectivity index (χ1n) is 11.9. The number of carbonyl (C=O) groups is 1. The number of morpholine rings is 1. The zero-order chi connectivity index (χ0) is 23.8. The molecule has 7 nitrogen and oxygen atoms in total. The zero-order valence-corrected chi connectivity index (χ0v) is 19.9. The number of carbonyl (C=O) groups excluding carboxylic acids is 1. The van der Waals surface area contributed by atoms with E-state index in [0.29, 0.717) is 25.0 Å². The minimum Gasteiger partial charge on any atom is -0.379 e. The molecule has 4 rings (SSSR count). The lowest BCUT2D eigenvalue weighted by atomic mass is 10.0. The minimum absolute atomic E-state index is 0.105.